The maximum atomic E-state index is 13.6. The van der Waals surface area contributed by atoms with Gasteiger partial charge in [0.2, 0.25) is 11.6 Å². The van der Waals surface area contributed by atoms with Crippen LogP contribution in [0.5, 0.6) is 5.75 Å². The maximum absolute atomic E-state index is 13.6. The number of rotatable bonds is 7. The van der Waals surface area contributed by atoms with Crippen LogP contribution in [0.4, 0.5) is 5.69 Å². The molecule has 2 heterocycles. The first-order chi connectivity index (χ1) is 19.5. The number of furan rings is 1. The molecule has 0 radical (unpaired) electrons. The van der Waals surface area contributed by atoms with E-state index >= 15 is 0 Å². The number of nitro benzene ring substituents is 1. The van der Waals surface area contributed by atoms with Crippen molar-refractivity contribution in [1.82, 2.24) is 9.66 Å². The first-order valence-corrected chi connectivity index (χ1v) is 13.0. The van der Waals surface area contributed by atoms with Crippen molar-refractivity contribution >= 4 is 49.7 Å². The van der Waals surface area contributed by atoms with Gasteiger partial charge in [-0.2, -0.15) is 9.78 Å². The molecule has 0 saturated heterocycles. The maximum Gasteiger partial charge on any atom is 0.311 e. The van der Waals surface area contributed by atoms with Crippen LogP contribution in [0.3, 0.4) is 0 Å². The molecule has 4 aromatic carbocycles. The van der Waals surface area contributed by atoms with Crippen molar-refractivity contribution in [2.75, 3.05) is 0 Å². The van der Waals surface area contributed by atoms with E-state index in [1.807, 2.05) is 48.5 Å². The Kier molecular flexibility index (Phi) is 6.67. The molecule has 9 nitrogen and oxygen atoms in total. The van der Waals surface area contributed by atoms with E-state index in [0.29, 0.717) is 27.8 Å². The molecule has 196 valence electrons. The summed E-state index contributed by atoms with van der Waals surface area (Å²) in [7, 11) is 0. The third kappa shape index (κ3) is 4.87. The Balaban J connectivity index is 1.48. The molecule has 0 saturated carbocycles. The third-order valence-electron chi connectivity index (χ3n) is 6.21. The Labute approximate surface area is 235 Å². The molecule has 0 bridgehead atoms. The third-order valence-corrected chi connectivity index (χ3v) is 6.71. The lowest BCUT2D eigenvalue weighted by Gasteiger charge is -2.10. The molecular formula is C30H19BrN4O5. The van der Waals surface area contributed by atoms with Crippen molar-refractivity contribution < 1.29 is 14.1 Å². The number of hydrogen-bond donors (Lipinski definition) is 0. The zero-order valence-electron chi connectivity index (χ0n) is 20.7. The second-order valence-electron chi connectivity index (χ2n) is 8.83. The number of halogens is 1. The van der Waals surface area contributed by atoms with Crippen molar-refractivity contribution in [3.05, 3.63) is 133 Å². The van der Waals surface area contributed by atoms with E-state index in [0.717, 1.165) is 20.1 Å². The van der Waals surface area contributed by atoms with Crippen LogP contribution in [0.25, 0.3) is 33.5 Å². The van der Waals surface area contributed by atoms with Gasteiger partial charge in [-0.15, -0.1) is 0 Å². The van der Waals surface area contributed by atoms with Gasteiger partial charge in [0.25, 0.3) is 5.56 Å². The van der Waals surface area contributed by atoms with Gasteiger partial charge in [-0.1, -0.05) is 64.5 Å². The van der Waals surface area contributed by atoms with Gasteiger partial charge in [0.05, 0.1) is 22.0 Å². The minimum absolute atomic E-state index is 0.0389. The van der Waals surface area contributed by atoms with Crippen LogP contribution in [0, 0.1) is 10.1 Å². The number of ether oxygens (including phenoxy) is 1. The van der Waals surface area contributed by atoms with Gasteiger partial charge in [-0.3, -0.25) is 14.9 Å². The molecule has 0 fully saturated rings. The molecule has 6 rings (SSSR count). The summed E-state index contributed by atoms with van der Waals surface area (Å²) in [5, 5.41) is 17.4. The Morgan fingerprint density at radius 2 is 1.80 bits per heavy atom. The first kappa shape index (κ1) is 25.2. The van der Waals surface area contributed by atoms with Crippen molar-refractivity contribution in [3.8, 4) is 17.3 Å². The lowest BCUT2D eigenvalue weighted by molar-refractivity contribution is -0.385. The van der Waals surface area contributed by atoms with Crippen molar-refractivity contribution in [3.63, 3.8) is 0 Å². The smallest absolute Gasteiger partial charge is 0.311 e. The van der Waals surface area contributed by atoms with Gasteiger partial charge >= 0.3 is 5.69 Å². The number of aromatic nitrogens is 2. The molecule has 0 amide bonds. The molecule has 2 aromatic heterocycles. The summed E-state index contributed by atoms with van der Waals surface area (Å²) in [5.74, 6) is 0.564. The lowest BCUT2D eigenvalue weighted by Crippen LogP contribution is -2.20. The molecule has 6 aromatic rings. The highest BCUT2D eigenvalue weighted by molar-refractivity contribution is 9.10. The van der Waals surface area contributed by atoms with Crippen LogP contribution in [0.15, 0.2) is 116 Å². The highest BCUT2D eigenvalue weighted by Gasteiger charge is 2.20. The van der Waals surface area contributed by atoms with E-state index in [4.69, 9.17) is 9.15 Å². The van der Waals surface area contributed by atoms with E-state index in [9.17, 15) is 14.9 Å². The highest BCUT2D eigenvalue weighted by atomic mass is 79.9. The topological polar surface area (TPSA) is 113 Å². The number of nitro groups is 1. The van der Waals surface area contributed by atoms with Crippen LogP contribution in [0.2, 0.25) is 0 Å². The molecule has 0 spiro atoms. The lowest BCUT2D eigenvalue weighted by atomic mass is 10.2. The summed E-state index contributed by atoms with van der Waals surface area (Å²) < 4.78 is 14.0. The predicted molar refractivity (Wildman–Crippen MR) is 156 cm³/mol. The summed E-state index contributed by atoms with van der Waals surface area (Å²) in [4.78, 5) is 29.6. The van der Waals surface area contributed by atoms with Crippen molar-refractivity contribution in [2.24, 2.45) is 5.10 Å². The number of hydrogen-bond acceptors (Lipinski definition) is 7. The number of fused-ring (bicyclic) bond motifs is 2. The van der Waals surface area contributed by atoms with Crippen molar-refractivity contribution in [1.29, 1.82) is 0 Å². The zero-order valence-corrected chi connectivity index (χ0v) is 22.3. The minimum Gasteiger partial charge on any atom is -0.481 e. The van der Waals surface area contributed by atoms with Gasteiger partial charge in [-0.05, 0) is 48.0 Å². The van der Waals surface area contributed by atoms with Crippen LogP contribution in [0.1, 0.15) is 11.1 Å². The zero-order chi connectivity index (χ0) is 27.6. The average molecular weight is 595 g/mol. The SMILES string of the molecule is O=c1c2ccccc2nc(-c2cc3cc(Br)ccc3o2)n1N=Cc1cccc([N+](=O)[O-])c1OCc1ccccc1. The summed E-state index contributed by atoms with van der Waals surface area (Å²) >= 11 is 3.46. The quantitative estimate of drug-likeness (QED) is 0.112. The van der Waals surface area contributed by atoms with E-state index < -0.39 is 10.5 Å². The molecule has 0 aliphatic carbocycles. The minimum atomic E-state index is -0.515. The summed E-state index contributed by atoms with van der Waals surface area (Å²) in [6, 6.07) is 28.1. The predicted octanol–water partition coefficient (Wildman–Crippen LogP) is 6.94. The van der Waals surface area contributed by atoms with Crippen LogP contribution in [-0.2, 0) is 6.61 Å². The van der Waals surface area contributed by atoms with Gasteiger partial charge in [0.15, 0.2) is 5.76 Å². The van der Waals surface area contributed by atoms with E-state index in [-0.39, 0.29) is 23.9 Å². The standard InChI is InChI=1S/C30H19BrN4O5/c31-22-13-14-26-21(15-22)16-27(40-26)29-33-24-11-5-4-10-23(24)30(36)34(29)32-17-20-9-6-12-25(35(37)38)28(20)39-18-19-7-2-1-3-8-19/h1-17H,18H2. The Morgan fingerprint density at radius 3 is 2.62 bits per heavy atom. The Morgan fingerprint density at radius 1 is 1.00 bits per heavy atom. The van der Waals surface area contributed by atoms with Gasteiger partial charge in [0, 0.05) is 21.5 Å². The van der Waals surface area contributed by atoms with E-state index in [2.05, 4.69) is 26.0 Å². The average Bonchev–Trinajstić information content (AvgIpc) is 3.39. The molecule has 40 heavy (non-hydrogen) atoms. The van der Waals surface area contributed by atoms with Crippen LogP contribution < -0.4 is 10.3 Å². The fourth-order valence-electron chi connectivity index (χ4n) is 4.31. The van der Waals surface area contributed by atoms with Gasteiger partial charge < -0.3 is 9.15 Å². The highest BCUT2D eigenvalue weighted by Crippen LogP contribution is 2.32. The van der Waals surface area contributed by atoms with Crippen molar-refractivity contribution in [2.45, 2.75) is 6.61 Å². The molecule has 0 aliphatic heterocycles. The molecular weight excluding hydrogens is 576 g/mol. The first-order valence-electron chi connectivity index (χ1n) is 12.2. The number of para-hydroxylation sites is 2. The van der Waals surface area contributed by atoms with E-state index in [1.54, 1.807) is 36.4 Å². The molecule has 10 heteroatoms. The second kappa shape index (κ2) is 10.6. The summed E-state index contributed by atoms with van der Waals surface area (Å²) in [6.45, 7) is 0.115. The molecule has 0 aliphatic rings. The molecule has 0 atom stereocenters. The van der Waals surface area contributed by atoms with Gasteiger partial charge in [0.1, 0.15) is 12.2 Å². The molecule has 0 unspecified atom stereocenters. The largest absolute Gasteiger partial charge is 0.481 e. The van der Waals surface area contributed by atoms with Gasteiger partial charge in [-0.25, -0.2) is 4.98 Å². The Bertz CT molecular complexity index is 1980. The second-order valence-corrected chi connectivity index (χ2v) is 9.75. The Hall–Kier alpha value is -5.09. The van der Waals surface area contributed by atoms with Crippen LogP contribution in [-0.4, -0.2) is 20.8 Å². The fraction of sp³-hybridized carbons (Fsp3) is 0.0333. The summed E-state index contributed by atoms with van der Waals surface area (Å²) in [6.07, 6.45) is 1.36. The molecule has 0 N–H and O–H groups in total. The number of nitrogens with zero attached hydrogens (tertiary/aromatic N) is 4. The monoisotopic (exact) mass is 594 g/mol. The van der Waals surface area contributed by atoms with Crippen LogP contribution >= 0.6 is 15.9 Å². The normalized spacial score (nSPS) is 11.4. The summed E-state index contributed by atoms with van der Waals surface area (Å²) in [5.41, 5.74) is 1.63. The fourth-order valence-corrected chi connectivity index (χ4v) is 4.69. The van der Waals surface area contributed by atoms with E-state index in [1.165, 1.54) is 18.3 Å². The number of benzene rings is 4.